The minimum atomic E-state index is -0.439. The monoisotopic (exact) mass is 265 g/mol. The highest BCUT2D eigenvalue weighted by atomic mass is 16.3. The molecular formula is C17H31NO. The van der Waals surface area contributed by atoms with Crippen LogP contribution in [0.15, 0.2) is 0 Å². The van der Waals surface area contributed by atoms with E-state index in [2.05, 4.69) is 13.0 Å². The lowest BCUT2D eigenvalue weighted by Crippen LogP contribution is -2.34. The summed E-state index contributed by atoms with van der Waals surface area (Å²) in [5.41, 5.74) is -0.439. The number of nitrogens with zero attached hydrogens (tertiary/aromatic N) is 1. The molecule has 0 aromatic heterocycles. The van der Waals surface area contributed by atoms with Gasteiger partial charge in [0.2, 0.25) is 0 Å². The Hall–Kier alpha value is -0.550. The van der Waals surface area contributed by atoms with Gasteiger partial charge < -0.3 is 5.11 Å². The molecule has 1 aliphatic carbocycles. The predicted molar refractivity (Wildman–Crippen MR) is 79.7 cm³/mol. The smallest absolute Gasteiger partial charge is 0.0832 e. The third kappa shape index (κ3) is 5.53. The molecule has 1 N–H and O–H groups in total. The molecule has 0 heterocycles. The Morgan fingerprint density at radius 3 is 2.16 bits per heavy atom. The lowest BCUT2D eigenvalue weighted by molar-refractivity contribution is 0.0359. The van der Waals surface area contributed by atoms with Gasteiger partial charge in [0.1, 0.15) is 0 Å². The van der Waals surface area contributed by atoms with E-state index in [1.54, 1.807) is 0 Å². The summed E-state index contributed by atoms with van der Waals surface area (Å²) in [6.07, 6.45) is 14.3. The van der Waals surface area contributed by atoms with Crippen LogP contribution in [0.25, 0.3) is 0 Å². The van der Waals surface area contributed by atoms with Gasteiger partial charge in [-0.15, -0.1) is 0 Å². The van der Waals surface area contributed by atoms with Gasteiger partial charge in [-0.2, -0.15) is 5.26 Å². The maximum Gasteiger partial charge on any atom is 0.0832 e. The number of nitriles is 1. The van der Waals surface area contributed by atoms with E-state index in [4.69, 9.17) is 0 Å². The highest BCUT2D eigenvalue weighted by Crippen LogP contribution is 2.38. The minimum absolute atomic E-state index is 0.405. The summed E-state index contributed by atoms with van der Waals surface area (Å²) in [5.74, 6) is 0. The second-order valence-electron chi connectivity index (χ2n) is 6.25. The average Bonchev–Trinajstić information content (AvgIpc) is 2.39. The molecule has 1 rings (SSSR count). The van der Waals surface area contributed by atoms with Crippen molar-refractivity contribution >= 4 is 0 Å². The highest BCUT2D eigenvalue weighted by Gasteiger charge is 2.37. The number of unbranched alkanes of at least 4 members (excludes halogenated alkanes) is 4. The fourth-order valence-electron chi connectivity index (χ4n) is 3.27. The van der Waals surface area contributed by atoms with Gasteiger partial charge in [-0.3, -0.25) is 0 Å². The summed E-state index contributed by atoms with van der Waals surface area (Å²) in [6.45, 7) is 2.22. The first-order valence-corrected chi connectivity index (χ1v) is 8.34. The molecule has 0 aromatic rings. The zero-order valence-corrected chi connectivity index (χ0v) is 12.7. The van der Waals surface area contributed by atoms with Crippen LogP contribution in [-0.4, -0.2) is 11.2 Å². The molecule has 1 saturated carbocycles. The van der Waals surface area contributed by atoms with Crippen LogP contribution in [0.5, 0.6) is 0 Å². The molecule has 1 fully saturated rings. The van der Waals surface area contributed by atoms with Crippen molar-refractivity contribution in [2.75, 3.05) is 0 Å². The van der Waals surface area contributed by atoms with Crippen LogP contribution in [0.3, 0.4) is 0 Å². The summed E-state index contributed by atoms with van der Waals surface area (Å²) >= 11 is 0. The Labute approximate surface area is 119 Å². The van der Waals surface area contributed by atoms with E-state index in [-0.39, 0.29) is 0 Å². The van der Waals surface area contributed by atoms with Crippen molar-refractivity contribution in [3.63, 3.8) is 0 Å². The second-order valence-corrected chi connectivity index (χ2v) is 6.25. The van der Waals surface area contributed by atoms with Crippen LogP contribution in [-0.2, 0) is 0 Å². The first-order chi connectivity index (χ1) is 9.25. The van der Waals surface area contributed by atoms with Crippen LogP contribution in [0.1, 0.15) is 90.4 Å². The van der Waals surface area contributed by atoms with Crippen molar-refractivity contribution in [3.8, 4) is 6.07 Å². The van der Waals surface area contributed by atoms with Crippen LogP contribution >= 0.6 is 0 Å². The number of hydrogen-bond donors (Lipinski definition) is 1. The van der Waals surface area contributed by atoms with E-state index in [1.165, 1.54) is 44.9 Å². The molecule has 0 amide bonds. The van der Waals surface area contributed by atoms with Gasteiger partial charge in [0, 0.05) is 0 Å². The zero-order chi connectivity index (χ0) is 14.0. The van der Waals surface area contributed by atoms with Gasteiger partial charge >= 0.3 is 0 Å². The molecule has 110 valence electrons. The Bertz CT molecular complexity index is 261. The standard InChI is InChI=1S/C17H31NO/c1-2-3-4-6-9-12-16(19)17(15-18)13-10-7-5-8-11-14-17/h16,19H,2-14H2,1H3. The van der Waals surface area contributed by atoms with Crippen LogP contribution in [0.4, 0.5) is 0 Å². The van der Waals surface area contributed by atoms with E-state index < -0.39 is 11.5 Å². The molecule has 0 aliphatic heterocycles. The predicted octanol–water partition coefficient (Wildman–Crippen LogP) is 4.96. The SMILES string of the molecule is CCCCCCCC(O)C1(C#N)CCCCCCC1. The molecule has 2 heteroatoms. The first kappa shape index (κ1) is 16.5. The molecule has 1 unspecified atom stereocenters. The number of hydrogen-bond acceptors (Lipinski definition) is 2. The van der Waals surface area contributed by atoms with E-state index >= 15 is 0 Å². The Kier molecular flexibility index (Phi) is 8.14. The average molecular weight is 265 g/mol. The van der Waals surface area contributed by atoms with Crippen molar-refractivity contribution in [1.29, 1.82) is 5.26 Å². The fraction of sp³-hybridized carbons (Fsp3) is 0.941. The quantitative estimate of drug-likeness (QED) is 0.661. The molecule has 0 spiro atoms. The topological polar surface area (TPSA) is 44.0 Å². The van der Waals surface area contributed by atoms with Gasteiger partial charge in [-0.1, -0.05) is 71.1 Å². The van der Waals surface area contributed by atoms with E-state index in [9.17, 15) is 10.4 Å². The first-order valence-electron chi connectivity index (χ1n) is 8.34. The summed E-state index contributed by atoms with van der Waals surface area (Å²) in [4.78, 5) is 0. The minimum Gasteiger partial charge on any atom is -0.391 e. The van der Waals surface area contributed by atoms with Crippen molar-refractivity contribution < 1.29 is 5.11 Å². The molecule has 0 aromatic carbocycles. The molecule has 1 atom stereocenters. The molecule has 0 saturated heterocycles. The summed E-state index contributed by atoms with van der Waals surface area (Å²) in [5, 5.41) is 20.0. The summed E-state index contributed by atoms with van der Waals surface area (Å²) in [7, 11) is 0. The van der Waals surface area contributed by atoms with E-state index in [0.29, 0.717) is 0 Å². The number of aliphatic hydroxyl groups excluding tert-OH is 1. The lowest BCUT2D eigenvalue weighted by Gasteiger charge is -2.33. The van der Waals surface area contributed by atoms with Crippen LogP contribution in [0.2, 0.25) is 0 Å². The maximum absolute atomic E-state index is 10.5. The highest BCUT2D eigenvalue weighted by molar-refractivity contribution is 5.03. The fourth-order valence-corrected chi connectivity index (χ4v) is 3.27. The van der Waals surface area contributed by atoms with Gasteiger partial charge in [-0.05, 0) is 19.3 Å². The van der Waals surface area contributed by atoms with Crippen LogP contribution in [0, 0.1) is 16.7 Å². The molecule has 1 aliphatic rings. The lowest BCUT2D eigenvalue weighted by atomic mass is 9.72. The number of aliphatic hydroxyl groups is 1. The van der Waals surface area contributed by atoms with Gasteiger partial charge in [-0.25, -0.2) is 0 Å². The van der Waals surface area contributed by atoms with Crippen molar-refractivity contribution in [2.45, 2.75) is 96.5 Å². The maximum atomic E-state index is 10.5. The Balaban J connectivity index is 2.40. The third-order valence-corrected chi connectivity index (χ3v) is 4.69. The van der Waals surface area contributed by atoms with Crippen molar-refractivity contribution in [2.24, 2.45) is 5.41 Å². The van der Waals surface area contributed by atoms with Crippen molar-refractivity contribution in [1.82, 2.24) is 0 Å². The largest absolute Gasteiger partial charge is 0.391 e. The number of rotatable bonds is 7. The second kappa shape index (κ2) is 9.37. The summed E-state index contributed by atoms with van der Waals surface area (Å²) in [6, 6.07) is 2.49. The molecular weight excluding hydrogens is 234 g/mol. The van der Waals surface area contributed by atoms with E-state index in [0.717, 1.165) is 38.5 Å². The van der Waals surface area contributed by atoms with Gasteiger partial charge in [0.15, 0.2) is 0 Å². The Morgan fingerprint density at radius 2 is 1.58 bits per heavy atom. The normalized spacial score (nSPS) is 21.1. The van der Waals surface area contributed by atoms with Gasteiger partial charge in [0.05, 0.1) is 17.6 Å². The molecule has 2 nitrogen and oxygen atoms in total. The molecule has 19 heavy (non-hydrogen) atoms. The van der Waals surface area contributed by atoms with Gasteiger partial charge in [0.25, 0.3) is 0 Å². The zero-order valence-electron chi connectivity index (χ0n) is 12.7. The van der Waals surface area contributed by atoms with Crippen LogP contribution < -0.4 is 0 Å². The third-order valence-electron chi connectivity index (χ3n) is 4.69. The van der Waals surface area contributed by atoms with Crippen molar-refractivity contribution in [3.05, 3.63) is 0 Å². The van der Waals surface area contributed by atoms with E-state index in [1.807, 2.05) is 0 Å². The summed E-state index contributed by atoms with van der Waals surface area (Å²) < 4.78 is 0. The molecule has 0 bridgehead atoms. The molecule has 0 radical (unpaired) electrons. The Morgan fingerprint density at radius 1 is 1.00 bits per heavy atom.